The maximum Gasteiger partial charge on any atom is 0.123 e. The van der Waals surface area contributed by atoms with E-state index in [0.717, 1.165) is 18.4 Å². The number of hydrogen-bond donors (Lipinski definition) is 0. The van der Waals surface area contributed by atoms with Gasteiger partial charge in [-0.05, 0) is 58.4 Å². The van der Waals surface area contributed by atoms with Crippen molar-refractivity contribution < 1.29 is 4.39 Å². The lowest BCUT2D eigenvalue weighted by atomic mass is 9.99. The first-order valence-corrected chi connectivity index (χ1v) is 7.92. The van der Waals surface area contributed by atoms with Crippen LogP contribution in [0.4, 0.5) is 4.39 Å². The molecule has 4 rings (SSSR count). The second kappa shape index (κ2) is 5.85. The number of fused-ring (bicyclic) bond motifs is 3. The highest BCUT2D eigenvalue weighted by atomic mass is 19.1. The van der Waals surface area contributed by atoms with Crippen molar-refractivity contribution in [1.82, 2.24) is 0 Å². The number of benzene rings is 3. The van der Waals surface area contributed by atoms with Crippen LogP contribution < -0.4 is 0 Å². The van der Waals surface area contributed by atoms with Crippen molar-refractivity contribution in [3.8, 4) is 11.1 Å². The van der Waals surface area contributed by atoms with Crippen molar-refractivity contribution in [2.75, 3.05) is 0 Å². The molecule has 0 N–H and O–H groups in total. The van der Waals surface area contributed by atoms with Gasteiger partial charge in [0.25, 0.3) is 0 Å². The molecule has 112 valence electrons. The van der Waals surface area contributed by atoms with Gasteiger partial charge in [0, 0.05) is 0 Å². The first-order valence-electron chi connectivity index (χ1n) is 7.92. The summed E-state index contributed by atoms with van der Waals surface area (Å²) in [6.45, 7) is 0. The maximum absolute atomic E-state index is 12.9. The Morgan fingerprint density at radius 2 is 1.61 bits per heavy atom. The van der Waals surface area contributed by atoms with Crippen LogP contribution in [-0.2, 0) is 12.8 Å². The molecule has 0 atom stereocenters. The van der Waals surface area contributed by atoms with Crippen molar-refractivity contribution in [2.45, 2.75) is 12.8 Å². The lowest BCUT2D eigenvalue weighted by Crippen LogP contribution is -1.90. The third kappa shape index (κ3) is 2.70. The zero-order chi connectivity index (χ0) is 15.6. The largest absolute Gasteiger partial charge is 0.207 e. The molecule has 23 heavy (non-hydrogen) atoms. The van der Waals surface area contributed by atoms with Crippen molar-refractivity contribution in [1.29, 1.82) is 0 Å². The quantitative estimate of drug-likeness (QED) is 0.458. The van der Waals surface area contributed by atoms with Crippen molar-refractivity contribution in [3.63, 3.8) is 0 Å². The van der Waals surface area contributed by atoms with Crippen LogP contribution in [0.3, 0.4) is 0 Å². The first kappa shape index (κ1) is 14.0. The molecule has 0 heterocycles. The second-order valence-corrected chi connectivity index (χ2v) is 5.94. The van der Waals surface area contributed by atoms with E-state index in [2.05, 4.69) is 54.6 Å². The summed E-state index contributed by atoms with van der Waals surface area (Å²) in [5.74, 6) is -0.194. The highest BCUT2D eigenvalue weighted by Crippen LogP contribution is 2.38. The summed E-state index contributed by atoms with van der Waals surface area (Å²) in [4.78, 5) is 0. The molecule has 3 aromatic rings. The fourth-order valence-corrected chi connectivity index (χ4v) is 3.31. The van der Waals surface area contributed by atoms with Crippen molar-refractivity contribution in [2.24, 2.45) is 0 Å². The normalized spacial score (nSPS) is 12.4. The van der Waals surface area contributed by atoms with Crippen LogP contribution in [0.25, 0.3) is 17.2 Å². The van der Waals surface area contributed by atoms with Gasteiger partial charge in [0.2, 0.25) is 0 Å². The fraction of sp³-hybridized carbons (Fsp3) is 0.0909. The van der Waals surface area contributed by atoms with Crippen LogP contribution in [0.5, 0.6) is 0 Å². The number of hydrogen-bond acceptors (Lipinski definition) is 0. The van der Waals surface area contributed by atoms with Gasteiger partial charge in [-0.3, -0.25) is 0 Å². The lowest BCUT2D eigenvalue weighted by Gasteiger charge is -2.06. The molecule has 0 nitrogen and oxygen atoms in total. The summed E-state index contributed by atoms with van der Waals surface area (Å²) < 4.78 is 12.9. The maximum atomic E-state index is 12.9. The summed E-state index contributed by atoms with van der Waals surface area (Å²) in [5.41, 5.74) is 7.99. The summed E-state index contributed by atoms with van der Waals surface area (Å²) >= 11 is 0. The Bertz CT molecular complexity index is 873. The third-order valence-electron chi connectivity index (χ3n) is 4.47. The van der Waals surface area contributed by atoms with Gasteiger partial charge in [0.05, 0.1) is 0 Å². The molecule has 0 amide bonds. The first-order chi connectivity index (χ1) is 11.3. The predicted octanol–water partition coefficient (Wildman–Crippen LogP) is 5.65. The van der Waals surface area contributed by atoms with Gasteiger partial charge in [-0.15, -0.1) is 0 Å². The Kier molecular flexibility index (Phi) is 3.55. The average molecular weight is 300 g/mol. The molecule has 0 unspecified atom stereocenters. The minimum Gasteiger partial charge on any atom is -0.207 e. The summed E-state index contributed by atoms with van der Waals surface area (Å²) in [5, 5.41) is 0. The zero-order valence-corrected chi connectivity index (χ0v) is 12.8. The molecule has 1 aliphatic carbocycles. The smallest absolute Gasteiger partial charge is 0.123 e. The van der Waals surface area contributed by atoms with Crippen LogP contribution in [0.15, 0.2) is 72.8 Å². The van der Waals surface area contributed by atoms with E-state index in [1.54, 1.807) is 12.1 Å². The van der Waals surface area contributed by atoms with Gasteiger partial charge >= 0.3 is 0 Å². The summed E-state index contributed by atoms with van der Waals surface area (Å²) in [6.07, 6.45) is 6.13. The van der Waals surface area contributed by atoms with Gasteiger partial charge in [-0.1, -0.05) is 66.7 Å². The minimum atomic E-state index is -0.194. The van der Waals surface area contributed by atoms with Crippen LogP contribution in [-0.4, -0.2) is 0 Å². The standard InChI is InChI=1S/C22H17F/c23-19-13-11-16(12-14-19)5-3-7-17-8-4-10-21-20-9-2-1-6-18(20)15-22(17)21/h1-6,8-14H,7,15H2. The van der Waals surface area contributed by atoms with Crippen LogP contribution in [0, 0.1) is 5.82 Å². The fourth-order valence-electron chi connectivity index (χ4n) is 3.31. The molecule has 0 aromatic heterocycles. The van der Waals surface area contributed by atoms with Gasteiger partial charge in [0.1, 0.15) is 5.82 Å². The van der Waals surface area contributed by atoms with E-state index in [1.165, 1.54) is 39.9 Å². The van der Waals surface area contributed by atoms with E-state index < -0.39 is 0 Å². The SMILES string of the molecule is Fc1ccc(C=CCc2cccc3c2Cc2ccccc2-3)cc1. The van der Waals surface area contributed by atoms with Crippen LogP contribution in [0.2, 0.25) is 0 Å². The predicted molar refractivity (Wildman–Crippen MR) is 93.8 cm³/mol. The van der Waals surface area contributed by atoms with Gasteiger partial charge < -0.3 is 0 Å². The van der Waals surface area contributed by atoms with Gasteiger partial charge in [0.15, 0.2) is 0 Å². The van der Waals surface area contributed by atoms with Crippen molar-refractivity contribution >= 4 is 6.08 Å². The average Bonchev–Trinajstić information content (AvgIpc) is 2.96. The van der Waals surface area contributed by atoms with E-state index in [0.29, 0.717) is 0 Å². The Labute approximate surface area is 135 Å². The second-order valence-electron chi connectivity index (χ2n) is 5.94. The molecule has 1 aliphatic rings. The van der Waals surface area contributed by atoms with E-state index in [4.69, 9.17) is 0 Å². The number of rotatable bonds is 3. The van der Waals surface area contributed by atoms with E-state index >= 15 is 0 Å². The Hall–Kier alpha value is -2.67. The Balaban J connectivity index is 1.59. The van der Waals surface area contributed by atoms with Gasteiger partial charge in [-0.25, -0.2) is 4.39 Å². The minimum absolute atomic E-state index is 0.194. The molecule has 0 radical (unpaired) electrons. The molecule has 3 aromatic carbocycles. The Morgan fingerprint density at radius 3 is 2.48 bits per heavy atom. The lowest BCUT2D eigenvalue weighted by molar-refractivity contribution is 0.628. The monoisotopic (exact) mass is 300 g/mol. The van der Waals surface area contributed by atoms with E-state index in [1.807, 2.05) is 0 Å². The molecule has 0 bridgehead atoms. The van der Waals surface area contributed by atoms with E-state index in [-0.39, 0.29) is 5.82 Å². The third-order valence-corrected chi connectivity index (χ3v) is 4.47. The molecule has 0 fully saturated rings. The van der Waals surface area contributed by atoms with Crippen LogP contribution in [0.1, 0.15) is 22.3 Å². The topological polar surface area (TPSA) is 0 Å². The molecule has 0 aliphatic heterocycles. The molecule has 0 saturated heterocycles. The molecule has 1 heteroatoms. The summed E-state index contributed by atoms with van der Waals surface area (Å²) in [6, 6.07) is 21.8. The molecule has 0 saturated carbocycles. The van der Waals surface area contributed by atoms with Crippen molar-refractivity contribution in [3.05, 3.63) is 101 Å². The Morgan fingerprint density at radius 1 is 0.826 bits per heavy atom. The van der Waals surface area contributed by atoms with Gasteiger partial charge in [-0.2, -0.15) is 0 Å². The number of halogens is 1. The summed E-state index contributed by atoms with van der Waals surface area (Å²) in [7, 11) is 0. The van der Waals surface area contributed by atoms with Crippen LogP contribution >= 0.6 is 0 Å². The highest BCUT2D eigenvalue weighted by molar-refractivity contribution is 5.78. The van der Waals surface area contributed by atoms with E-state index in [9.17, 15) is 4.39 Å². The molecular weight excluding hydrogens is 283 g/mol. The highest BCUT2D eigenvalue weighted by Gasteiger charge is 2.19. The zero-order valence-electron chi connectivity index (χ0n) is 12.8. The number of allylic oxidation sites excluding steroid dienone is 1. The molecule has 0 spiro atoms. The molecular formula is C22H17F.